The van der Waals surface area contributed by atoms with Crippen LogP contribution >= 0.6 is 0 Å². The van der Waals surface area contributed by atoms with E-state index in [4.69, 9.17) is 9.47 Å². The van der Waals surface area contributed by atoms with E-state index in [0.717, 1.165) is 22.6 Å². The summed E-state index contributed by atoms with van der Waals surface area (Å²) < 4.78 is 12.4. The first kappa shape index (κ1) is 21.9. The summed E-state index contributed by atoms with van der Waals surface area (Å²) in [6.45, 7) is 4.41. The molecule has 1 aromatic heterocycles. The molecule has 0 bridgehead atoms. The van der Waals surface area contributed by atoms with Crippen LogP contribution in [-0.2, 0) is 0 Å². The standard InChI is InChI=1S/C25H25N5O3/c1-4-33-25-28-23(18-7-5-17(2)6-8-18)30(29-25)21-13-9-19(10-14-21)26-24(31)27-20-11-15-22(32-3)16-12-20/h5-16H,4H2,1-3H3,(H2,26,27,31). The summed E-state index contributed by atoms with van der Waals surface area (Å²) in [5.74, 6) is 1.40. The molecular formula is C25H25N5O3. The fraction of sp³-hybridized carbons (Fsp3) is 0.160. The van der Waals surface area contributed by atoms with Crippen LogP contribution in [0.3, 0.4) is 0 Å². The summed E-state index contributed by atoms with van der Waals surface area (Å²) in [7, 11) is 1.60. The zero-order valence-electron chi connectivity index (χ0n) is 18.7. The molecule has 0 aliphatic rings. The van der Waals surface area contributed by atoms with Crippen LogP contribution in [-0.4, -0.2) is 34.5 Å². The Hall–Kier alpha value is -4.33. The maximum absolute atomic E-state index is 12.3. The van der Waals surface area contributed by atoms with Gasteiger partial charge >= 0.3 is 12.0 Å². The van der Waals surface area contributed by atoms with Gasteiger partial charge in [-0.1, -0.05) is 29.8 Å². The number of amides is 2. The highest BCUT2D eigenvalue weighted by atomic mass is 16.5. The number of rotatable bonds is 7. The number of carbonyl (C=O) groups is 1. The van der Waals surface area contributed by atoms with Gasteiger partial charge in [0.15, 0.2) is 5.82 Å². The molecule has 0 radical (unpaired) electrons. The third kappa shape index (κ3) is 5.30. The van der Waals surface area contributed by atoms with Gasteiger partial charge in [0.05, 0.1) is 19.4 Å². The van der Waals surface area contributed by atoms with Gasteiger partial charge in [-0.3, -0.25) is 0 Å². The predicted octanol–water partition coefficient (Wildman–Crippen LogP) is 5.29. The number of hydrogen-bond donors (Lipinski definition) is 2. The second-order valence-corrected chi connectivity index (χ2v) is 7.28. The lowest BCUT2D eigenvalue weighted by Gasteiger charge is -2.10. The third-order valence-corrected chi connectivity index (χ3v) is 4.89. The molecule has 4 rings (SSSR count). The van der Waals surface area contributed by atoms with E-state index in [-0.39, 0.29) is 6.03 Å². The Morgan fingerprint density at radius 3 is 2.09 bits per heavy atom. The summed E-state index contributed by atoms with van der Waals surface area (Å²) in [6, 6.07) is 22.5. The van der Waals surface area contributed by atoms with Gasteiger partial charge in [0.25, 0.3) is 0 Å². The minimum atomic E-state index is -0.340. The summed E-state index contributed by atoms with van der Waals surface area (Å²) in [6.07, 6.45) is 0. The third-order valence-electron chi connectivity index (χ3n) is 4.89. The molecule has 0 saturated carbocycles. The highest BCUT2D eigenvalue weighted by Gasteiger charge is 2.15. The largest absolute Gasteiger partial charge is 0.497 e. The molecule has 0 aliphatic carbocycles. The first-order valence-electron chi connectivity index (χ1n) is 10.5. The molecule has 2 N–H and O–H groups in total. The SMILES string of the molecule is CCOc1nc(-c2ccc(C)cc2)n(-c2ccc(NC(=O)Nc3ccc(OC)cc3)cc2)n1. The van der Waals surface area contributed by atoms with Crippen molar-refractivity contribution in [3.05, 3.63) is 78.4 Å². The van der Waals surface area contributed by atoms with Crippen molar-refractivity contribution in [3.8, 4) is 28.8 Å². The lowest BCUT2D eigenvalue weighted by atomic mass is 10.1. The Kier molecular flexibility index (Phi) is 6.54. The fourth-order valence-corrected chi connectivity index (χ4v) is 3.21. The van der Waals surface area contributed by atoms with Crippen molar-refractivity contribution in [2.24, 2.45) is 0 Å². The van der Waals surface area contributed by atoms with Crippen LogP contribution in [0, 0.1) is 6.92 Å². The molecule has 8 nitrogen and oxygen atoms in total. The molecule has 0 saturated heterocycles. The lowest BCUT2D eigenvalue weighted by Crippen LogP contribution is -2.19. The topological polar surface area (TPSA) is 90.3 Å². The number of aromatic nitrogens is 3. The van der Waals surface area contributed by atoms with E-state index in [2.05, 4.69) is 20.7 Å². The minimum absolute atomic E-state index is 0.314. The van der Waals surface area contributed by atoms with Gasteiger partial charge < -0.3 is 20.1 Å². The van der Waals surface area contributed by atoms with Crippen LogP contribution in [0.5, 0.6) is 11.8 Å². The maximum Gasteiger partial charge on any atom is 0.336 e. The Labute approximate surface area is 192 Å². The highest BCUT2D eigenvalue weighted by Crippen LogP contribution is 2.25. The van der Waals surface area contributed by atoms with E-state index in [1.807, 2.05) is 62.4 Å². The van der Waals surface area contributed by atoms with Gasteiger partial charge in [-0.25, -0.2) is 9.48 Å². The van der Waals surface area contributed by atoms with Crippen molar-refractivity contribution in [1.82, 2.24) is 14.8 Å². The van der Waals surface area contributed by atoms with Crippen LogP contribution in [0.15, 0.2) is 72.8 Å². The smallest absolute Gasteiger partial charge is 0.336 e. The number of anilines is 2. The minimum Gasteiger partial charge on any atom is -0.497 e. The van der Waals surface area contributed by atoms with E-state index in [9.17, 15) is 4.79 Å². The Morgan fingerprint density at radius 2 is 1.52 bits per heavy atom. The Bertz CT molecular complexity index is 1220. The molecule has 1 heterocycles. The molecule has 0 aliphatic heterocycles. The normalized spacial score (nSPS) is 10.5. The quantitative estimate of drug-likeness (QED) is 0.405. The second kappa shape index (κ2) is 9.86. The van der Waals surface area contributed by atoms with Crippen LogP contribution < -0.4 is 20.1 Å². The molecule has 0 fully saturated rings. The zero-order chi connectivity index (χ0) is 23.2. The molecule has 33 heavy (non-hydrogen) atoms. The molecule has 0 unspecified atom stereocenters. The van der Waals surface area contributed by atoms with Crippen LogP contribution in [0.25, 0.3) is 17.1 Å². The van der Waals surface area contributed by atoms with Crippen LogP contribution in [0.2, 0.25) is 0 Å². The number of ether oxygens (including phenoxy) is 2. The molecule has 8 heteroatoms. The molecule has 0 atom stereocenters. The van der Waals surface area contributed by atoms with Crippen LogP contribution in [0.4, 0.5) is 16.2 Å². The Balaban J connectivity index is 1.51. The van der Waals surface area contributed by atoms with Crippen molar-refractivity contribution < 1.29 is 14.3 Å². The fourth-order valence-electron chi connectivity index (χ4n) is 3.21. The number of nitrogens with one attached hydrogen (secondary N) is 2. The number of methoxy groups -OCH3 is 1. The highest BCUT2D eigenvalue weighted by molar-refractivity contribution is 5.99. The summed E-state index contributed by atoms with van der Waals surface area (Å²) >= 11 is 0. The van der Waals surface area contributed by atoms with E-state index >= 15 is 0 Å². The van der Waals surface area contributed by atoms with Gasteiger partial charge in [-0.2, -0.15) is 4.98 Å². The van der Waals surface area contributed by atoms with Crippen molar-refractivity contribution >= 4 is 17.4 Å². The number of carbonyl (C=O) groups excluding carboxylic acids is 1. The van der Waals surface area contributed by atoms with Crippen LogP contribution in [0.1, 0.15) is 12.5 Å². The van der Waals surface area contributed by atoms with E-state index in [1.54, 1.807) is 36.1 Å². The maximum atomic E-state index is 12.3. The summed E-state index contributed by atoms with van der Waals surface area (Å²) in [4.78, 5) is 16.9. The van der Waals surface area contributed by atoms with Crippen molar-refractivity contribution in [2.75, 3.05) is 24.4 Å². The van der Waals surface area contributed by atoms with Gasteiger partial charge in [0.1, 0.15) is 5.75 Å². The number of urea groups is 1. The average Bonchev–Trinajstić information content (AvgIpc) is 3.24. The number of hydrogen-bond acceptors (Lipinski definition) is 5. The second-order valence-electron chi connectivity index (χ2n) is 7.28. The monoisotopic (exact) mass is 443 g/mol. The summed E-state index contributed by atoms with van der Waals surface area (Å²) in [5.41, 5.74) is 4.20. The zero-order valence-corrected chi connectivity index (χ0v) is 18.7. The van der Waals surface area contributed by atoms with Gasteiger partial charge in [0, 0.05) is 16.9 Å². The van der Waals surface area contributed by atoms with Crippen molar-refractivity contribution in [1.29, 1.82) is 0 Å². The van der Waals surface area contributed by atoms with Gasteiger partial charge in [0.2, 0.25) is 0 Å². The molecule has 0 spiro atoms. The molecule has 3 aromatic carbocycles. The lowest BCUT2D eigenvalue weighted by molar-refractivity contribution is 0.262. The molecular weight excluding hydrogens is 418 g/mol. The van der Waals surface area contributed by atoms with E-state index < -0.39 is 0 Å². The first-order chi connectivity index (χ1) is 16.1. The first-order valence-corrected chi connectivity index (χ1v) is 10.5. The van der Waals surface area contributed by atoms with Crippen molar-refractivity contribution in [3.63, 3.8) is 0 Å². The number of benzene rings is 3. The average molecular weight is 444 g/mol. The number of nitrogens with zero attached hydrogens (tertiary/aromatic N) is 3. The molecule has 4 aromatic rings. The number of aryl methyl sites for hydroxylation is 1. The van der Waals surface area contributed by atoms with Gasteiger partial charge in [-0.05, 0) is 62.4 Å². The Morgan fingerprint density at radius 1 is 0.909 bits per heavy atom. The van der Waals surface area contributed by atoms with Crippen molar-refractivity contribution in [2.45, 2.75) is 13.8 Å². The molecule has 168 valence electrons. The van der Waals surface area contributed by atoms with E-state index in [0.29, 0.717) is 29.8 Å². The molecule has 2 amide bonds. The van der Waals surface area contributed by atoms with E-state index in [1.165, 1.54) is 0 Å². The van der Waals surface area contributed by atoms with Gasteiger partial charge in [-0.15, -0.1) is 5.10 Å². The summed E-state index contributed by atoms with van der Waals surface area (Å²) in [5, 5.41) is 10.1. The predicted molar refractivity (Wildman–Crippen MR) is 128 cm³/mol.